The molecule has 0 fully saturated rings. The van der Waals surface area contributed by atoms with Crippen LogP contribution in [0.4, 0.5) is 0 Å². The van der Waals surface area contributed by atoms with Crippen molar-refractivity contribution < 1.29 is 17.9 Å². The molecule has 2 aliphatic rings. The fourth-order valence-electron chi connectivity index (χ4n) is 5.30. The molecule has 1 unspecified atom stereocenters. The van der Waals surface area contributed by atoms with Gasteiger partial charge in [-0.3, -0.25) is 9.10 Å². The molecule has 0 spiro atoms. The second-order valence-corrected chi connectivity index (χ2v) is 12.6. The van der Waals surface area contributed by atoms with Crippen molar-refractivity contribution in [2.24, 2.45) is 5.92 Å². The van der Waals surface area contributed by atoms with E-state index in [1.807, 2.05) is 10.9 Å². The summed E-state index contributed by atoms with van der Waals surface area (Å²) in [5.74, 6) is 0.729. The van der Waals surface area contributed by atoms with Crippen LogP contribution in [0.5, 0.6) is 5.75 Å². The fraction of sp³-hybridized carbons (Fsp3) is 0.414. The average Bonchev–Trinajstić information content (AvgIpc) is 3.42. The van der Waals surface area contributed by atoms with Gasteiger partial charge in [0, 0.05) is 31.6 Å². The van der Waals surface area contributed by atoms with E-state index in [4.69, 9.17) is 4.74 Å². The van der Waals surface area contributed by atoms with Crippen LogP contribution in [0, 0.1) is 5.92 Å². The van der Waals surface area contributed by atoms with Gasteiger partial charge >= 0.3 is 0 Å². The molecule has 2 heterocycles. The van der Waals surface area contributed by atoms with Crippen LogP contribution >= 0.6 is 0 Å². The lowest BCUT2D eigenvalue weighted by Gasteiger charge is -2.31. The van der Waals surface area contributed by atoms with E-state index in [0.29, 0.717) is 17.4 Å². The van der Waals surface area contributed by atoms with Gasteiger partial charge in [-0.15, -0.1) is 5.10 Å². The third kappa shape index (κ3) is 5.90. The van der Waals surface area contributed by atoms with Crippen molar-refractivity contribution in [1.29, 1.82) is 0 Å². The number of rotatable bonds is 10. The Morgan fingerprint density at radius 2 is 1.98 bits per heavy atom. The van der Waals surface area contributed by atoms with Crippen LogP contribution in [0.2, 0.25) is 0 Å². The van der Waals surface area contributed by atoms with Crippen LogP contribution in [-0.4, -0.2) is 53.3 Å². The first-order valence-electron chi connectivity index (χ1n) is 13.6. The highest BCUT2D eigenvalue weighted by Crippen LogP contribution is 2.33. The van der Waals surface area contributed by atoms with Gasteiger partial charge in [0.2, 0.25) is 5.91 Å². The predicted octanol–water partition coefficient (Wildman–Crippen LogP) is 3.16. The van der Waals surface area contributed by atoms with Gasteiger partial charge in [0.25, 0.3) is 10.0 Å². The van der Waals surface area contributed by atoms with Crippen LogP contribution in [-0.2, 0) is 34.2 Å². The molecule has 0 bridgehead atoms. The van der Waals surface area contributed by atoms with E-state index in [1.54, 1.807) is 12.1 Å². The molecule has 1 aromatic heterocycles. The molecule has 0 saturated heterocycles. The van der Waals surface area contributed by atoms with Crippen LogP contribution < -0.4 is 15.4 Å². The SMILES string of the molecule is COc1ccc(S(=O)(=O)N2C=CNC(=O)C2Cc2cn([C@@H]3CCCc4cc(CNCC(C)C)ccc43)nn2)cc1. The summed E-state index contributed by atoms with van der Waals surface area (Å²) in [6.45, 7) is 6.23. The molecule has 3 aromatic rings. The number of carbonyl (C=O) groups excluding carboxylic acids is 1. The molecule has 10 nitrogen and oxygen atoms in total. The summed E-state index contributed by atoms with van der Waals surface area (Å²) in [7, 11) is -2.47. The van der Waals surface area contributed by atoms with Crippen molar-refractivity contribution >= 4 is 15.9 Å². The third-order valence-corrected chi connectivity index (χ3v) is 9.14. The summed E-state index contributed by atoms with van der Waals surface area (Å²) >= 11 is 0. The molecule has 1 aliphatic heterocycles. The maximum absolute atomic E-state index is 13.5. The molecule has 2 atom stereocenters. The molecule has 2 N–H and O–H groups in total. The minimum atomic E-state index is -3.99. The fourth-order valence-corrected chi connectivity index (χ4v) is 6.75. The number of benzene rings is 2. The summed E-state index contributed by atoms with van der Waals surface area (Å²) in [5.41, 5.74) is 4.38. The lowest BCUT2D eigenvalue weighted by Crippen LogP contribution is -2.50. The Bertz CT molecular complexity index is 1480. The summed E-state index contributed by atoms with van der Waals surface area (Å²) in [6.07, 6.45) is 7.64. The lowest BCUT2D eigenvalue weighted by molar-refractivity contribution is -0.124. The number of hydrogen-bond donors (Lipinski definition) is 2. The first kappa shape index (κ1) is 27.9. The molecule has 0 saturated carbocycles. The van der Waals surface area contributed by atoms with Gasteiger partial charge in [0.1, 0.15) is 11.8 Å². The zero-order chi connectivity index (χ0) is 28.3. The molecular weight excluding hydrogens is 528 g/mol. The lowest BCUT2D eigenvalue weighted by atomic mass is 9.86. The molecule has 2 aromatic carbocycles. The van der Waals surface area contributed by atoms with Crippen molar-refractivity contribution in [1.82, 2.24) is 29.9 Å². The van der Waals surface area contributed by atoms with Crippen molar-refractivity contribution in [3.05, 3.63) is 83.4 Å². The van der Waals surface area contributed by atoms with Gasteiger partial charge in [-0.1, -0.05) is 37.3 Å². The summed E-state index contributed by atoms with van der Waals surface area (Å²) in [4.78, 5) is 12.9. The number of nitrogens with one attached hydrogen (secondary N) is 2. The minimum Gasteiger partial charge on any atom is -0.497 e. The zero-order valence-corrected chi connectivity index (χ0v) is 23.9. The van der Waals surface area contributed by atoms with Crippen LogP contribution in [0.25, 0.3) is 0 Å². The number of aromatic nitrogens is 3. The van der Waals surface area contributed by atoms with Gasteiger partial charge < -0.3 is 15.4 Å². The first-order chi connectivity index (χ1) is 19.3. The number of ether oxygens (including phenoxy) is 1. The predicted molar refractivity (Wildman–Crippen MR) is 151 cm³/mol. The van der Waals surface area contributed by atoms with E-state index in [2.05, 4.69) is 53.0 Å². The van der Waals surface area contributed by atoms with Gasteiger partial charge in [-0.25, -0.2) is 13.1 Å². The first-order valence-corrected chi connectivity index (χ1v) is 15.1. The average molecular weight is 565 g/mol. The Hall–Kier alpha value is -3.70. The van der Waals surface area contributed by atoms with Crippen LogP contribution in [0.3, 0.4) is 0 Å². The second kappa shape index (κ2) is 11.8. The van der Waals surface area contributed by atoms with Gasteiger partial charge in [0.15, 0.2) is 0 Å². The van der Waals surface area contributed by atoms with Crippen LogP contribution in [0.15, 0.2) is 66.0 Å². The molecule has 1 amide bonds. The second-order valence-electron chi connectivity index (χ2n) is 10.7. The molecule has 11 heteroatoms. The van der Waals surface area contributed by atoms with E-state index in [1.165, 1.54) is 48.3 Å². The maximum Gasteiger partial charge on any atom is 0.264 e. The van der Waals surface area contributed by atoms with Crippen molar-refractivity contribution in [3.63, 3.8) is 0 Å². The van der Waals surface area contributed by atoms with Gasteiger partial charge in [-0.2, -0.15) is 0 Å². The molecule has 212 valence electrons. The van der Waals surface area contributed by atoms with E-state index in [-0.39, 0.29) is 17.4 Å². The van der Waals surface area contributed by atoms with E-state index in [0.717, 1.165) is 36.7 Å². The summed E-state index contributed by atoms with van der Waals surface area (Å²) in [5, 5.41) is 14.9. The minimum absolute atomic E-state index is 0.0434. The molecule has 40 heavy (non-hydrogen) atoms. The highest BCUT2D eigenvalue weighted by molar-refractivity contribution is 7.89. The third-order valence-electron chi connectivity index (χ3n) is 7.34. The Balaban J connectivity index is 1.34. The van der Waals surface area contributed by atoms with Crippen molar-refractivity contribution in [3.8, 4) is 5.75 Å². The Kier molecular flexibility index (Phi) is 8.22. The Morgan fingerprint density at radius 3 is 2.73 bits per heavy atom. The monoisotopic (exact) mass is 564 g/mol. The number of hydrogen-bond acceptors (Lipinski definition) is 7. The highest BCUT2D eigenvalue weighted by Gasteiger charge is 2.36. The number of nitrogens with zero attached hydrogens (tertiary/aromatic N) is 4. The van der Waals surface area contributed by atoms with Crippen molar-refractivity contribution in [2.45, 2.75) is 63.1 Å². The molecule has 1 aliphatic carbocycles. The smallest absolute Gasteiger partial charge is 0.264 e. The number of fused-ring (bicyclic) bond motifs is 1. The Morgan fingerprint density at radius 1 is 1.18 bits per heavy atom. The van der Waals surface area contributed by atoms with E-state index in [9.17, 15) is 13.2 Å². The quantitative estimate of drug-likeness (QED) is 0.388. The molecular formula is C29H36N6O4S. The summed E-state index contributed by atoms with van der Waals surface area (Å²) < 4.78 is 35.0. The highest BCUT2D eigenvalue weighted by atomic mass is 32.2. The number of amides is 1. The summed E-state index contributed by atoms with van der Waals surface area (Å²) in [6, 6.07) is 11.8. The maximum atomic E-state index is 13.5. The normalized spacial score (nSPS) is 19.0. The number of carbonyl (C=O) groups is 1. The Labute approximate surface area is 235 Å². The standard InChI is InChI=1S/C29H36N6O4S/c1-20(2)17-30-18-21-7-12-26-22(15-21)5-4-6-27(26)34-19-23(32-33-34)16-28-29(36)31-13-14-35(28)40(37,38)25-10-8-24(39-3)9-11-25/h7-15,19-20,27-28,30H,4-6,16-18H2,1-3H3,(H,31,36)/t27-,28?/m1/s1. The van der Waals surface area contributed by atoms with E-state index < -0.39 is 22.0 Å². The topological polar surface area (TPSA) is 118 Å². The zero-order valence-electron chi connectivity index (χ0n) is 23.1. The van der Waals surface area contributed by atoms with E-state index >= 15 is 0 Å². The van der Waals surface area contributed by atoms with Gasteiger partial charge in [-0.05, 0) is 72.7 Å². The molecule has 0 radical (unpaired) electrons. The van der Waals surface area contributed by atoms with Gasteiger partial charge in [0.05, 0.1) is 23.7 Å². The molecule has 5 rings (SSSR count). The van der Waals surface area contributed by atoms with Crippen molar-refractivity contribution in [2.75, 3.05) is 13.7 Å². The van der Waals surface area contributed by atoms with Crippen LogP contribution in [0.1, 0.15) is 55.1 Å². The number of methoxy groups -OCH3 is 1. The largest absolute Gasteiger partial charge is 0.497 e. The number of aryl methyl sites for hydroxylation is 1. The number of sulfonamides is 1.